The van der Waals surface area contributed by atoms with Gasteiger partial charge in [-0.2, -0.15) is 0 Å². The summed E-state index contributed by atoms with van der Waals surface area (Å²) in [6.45, 7) is 0. The lowest BCUT2D eigenvalue weighted by Crippen LogP contribution is -1.97. The van der Waals surface area contributed by atoms with Gasteiger partial charge in [0.2, 0.25) is 5.95 Å². The second-order valence-electron chi connectivity index (χ2n) is 3.77. The van der Waals surface area contributed by atoms with Gasteiger partial charge in [-0.25, -0.2) is 9.97 Å². The molecule has 0 saturated heterocycles. The molecule has 2 heterocycles. The van der Waals surface area contributed by atoms with Crippen molar-refractivity contribution >= 4 is 28.6 Å². The van der Waals surface area contributed by atoms with Crippen LogP contribution in [-0.4, -0.2) is 9.97 Å². The number of benzene rings is 1. The zero-order chi connectivity index (χ0) is 12.4. The first-order valence-electron chi connectivity index (χ1n) is 5.50. The van der Waals surface area contributed by atoms with E-state index in [0.717, 1.165) is 27.4 Å². The van der Waals surface area contributed by atoms with Crippen molar-refractivity contribution in [3.8, 4) is 0 Å². The highest BCUT2D eigenvalue weighted by atomic mass is 32.2. The molecule has 2 N–H and O–H groups in total. The molecule has 0 atom stereocenters. The van der Waals surface area contributed by atoms with Gasteiger partial charge in [-0.1, -0.05) is 30.0 Å². The highest BCUT2D eigenvalue weighted by Crippen LogP contribution is 2.28. The number of rotatable bonds is 3. The Bertz CT molecular complexity index is 667. The molecule has 18 heavy (non-hydrogen) atoms. The number of nitrogens with zero attached hydrogens (tertiary/aromatic N) is 2. The Balaban J connectivity index is 1.95. The predicted octanol–water partition coefficient (Wildman–Crippen LogP) is 3.10. The van der Waals surface area contributed by atoms with Crippen LogP contribution in [0.1, 0.15) is 5.76 Å². The molecule has 0 saturated carbocycles. The lowest BCUT2D eigenvalue weighted by molar-refractivity contribution is 0.530. The molecule has 3 rings (SSSR count). The SMILES string of the molecule is Nc1nc(SCc2ccco2)c2ccccc2n1. The van der Waals surface area contributed by atoms with Gasteiger partial charge in [0.05, 0.1) is 17.5 Å². The number of thioether (sulfide) groups is 1. The van der Waals surface area contributed by atoms with E-state index in [1.807, 2.05) is 36.4 Å². The fourth-order valence-electron chi connectivity index (χ4n) is 1.71. The molecule has 0 bridgehead atoms. The minimum Gasteiger partial charge on any atom is -0.468 e. The summed E-state index contributed by atoms with van der Waals surface area (Å²) in [4.78, 5) is 8.50. The zero-order valence-corrected chi connectivity index (χ0v) is 10.4. The summed E-state index contributed by atoms with van der Waals surface area (Å²) >= 11 is 1.60. The normalized spacial score (nSPS) is 10.9. The molecule has 90 valence electrons. The van der Waals surface area contributed by atoms with Gasteiger partial charge in [-0.15, -0.1) is 0 Å². The van der Waals surface area contributed by atoms with E-state index in [1.54, 1.807) is 18.0 Å². The molecule has 0 unspecified atom stereocenters. The van der Waals surface area contributed by atoms with Crippen molar-refractivity contribution in [2.75, 3.05) is 5.73 Å². The molecule has 3 aromatic rings. The highest BCUT2D eigenvalue weighted by Gasteiger charge is 2.07. The summed E-state index contributed by atoms with van der Waals surface area (Å²) in [7, 11) is 0. The molecular formula is C13H11N3OS. The van der Waals surface area contributed by atoms with Gasteiger partial charge in [-0.3, -0.25) is 0 Å². The monoisotopic (exact) mass is 257 g/mol. The number of nitrogen functional groups attached to an aromatic ring is 1. The van der Waals surface area contributed by atoms with Crippen LogP contribution >= 0.6 is 11.8 Å². The number of anilines is 1. The molecule has 0 amide bonds. The summed E-state index contributed by atoms with van der Waals surface area (Å²) in [5.41, 5.74) is 6.58. The van der Waals surface area contributed by atoms with Crippen molar-refractivity contribution in [1.29, 1.82) is 0 Å². The quantitative estimate of drug-likeness (QED) is 0.577. The van der Waals surface area contributed by atoms with Gasteiger partial charge < -0.3 is 10.2 Å². The van der Waals surface area contributed by atoms with Gasteiger partial charge in [0.15, 0.2) is 0 Å². The van der Waals surface area contributed by atoms with E-state index in [0.29, 0.717) is 5.95 Å². The van der Waals surface area contributed by atoms with E-state index in [9.17, 15) is 0 Å². The van der Waals surface area contributed by atoms with E-state index < -0.39 is 0 Å². The molecule has 0 spiro atoms. The second kappa shape index (κ2) is 4.70. The van der Waals surface area contributed by atoms with E-state index >= 15 is 0 Å². The molecule has 2 aromatic heterocycles. The maximum atomic E-state index is 5.71. The number of aromatic nitrogens is 2. The van der Waals surface area contributed by atoms with Crippen LogP contribution in [0.25, 0.3) is 10.9 Å². The predicted molar refractivity (Wildman–Crippen MR) is 72.2 cm³/mol. The van der Waals surface area contributed by atoms with Crippen molar-refractivity contribution < 1.29 is 4.42 Å². The van der Waals surface area contributed by atoms with Crippen molar-refractivity contribution in [2.24, 2.45) is 0 Å². The molecule has 4 nitrogen and oxygen atoms in total. The molecule has 0 fully saturated rings. The standard InChI is InChI=1S/C13H11N3OS/c14-13-15-11-6-2-1-5-10(11)12(16-13)18-8-9-4-3-7-17-9/h1-7H,8H2,(H2,14,15,16). The smallest absolute Gasteiger partial charge is 0.221 e. The molecule has 0 aliphatic rings. The third-order valence-electron chi connectivity index (χ3n) is 2.52. The fourth-order valence-corrected chi connectivity index (χ4v) is 2.64. The van der Waals surface area contributed by atoms with Gasteiger partial charge in [0, 0.05) is 5.39 Å². The van der Waals surface area contributed by atoms with Gasteiger partial charge in [0.25, 0.3) is 0 Å². The van der Waals surface area contributed by atoms with E-state index in [4.69, 9.17) is 10.2 Å². The van der Waals surface area contributed by atoms with Crippen LogP contribution in [0.4, 0.5) is 5.95 Å². The third kappa shape index (κ3) is 2.17. The van der Waals surface area contributed by atoms with Crippen molar-refractivity contribution in [3.63, 3.8) is 0 Å². The lowest BCUT2D eigenvalue weighted by atomic mass is 10.2. The van der Waals surface area contributed by atoms with Gasteiger partial charge in [0.1, 0.15) is 10.8 Å². The van der Waals surface area contributed by atoms with E-state index in [2.05, 4.69) is 9.97 Å². The summed E-state index contributed by atoms with van der Waals surface area (Å²) < 4.78 is 5.30. The van der Waals surface area contributed by atoms with Crippen molar-refractivity contribution in [2.45, 2.75) is 10.8 Å². The van der Waals surface area contributed by atoms with Crippen molar-refractivity contribution in [3.05, 3.63) is 48.4 Å². The molecule has 0 radical (unpaired) electrons. The Hall–Kier alpha value is -2.01. The zero-order valence-electron chi connectivity index (χ0n) is 9.54. The Morgan fingerprint density at radius 3 is 2.83 bits per heavy atom. The first kappa shape index (κ1) is 11.1. The maximum Gasteiger partial charge on any atom is 0.221 e. The van der Waals surface area contributed by atoms with E-state index in [1.165, 1.54) is 0 Å². The molecule has 0 aliphatic heterocycles. The first-order chi connectivity index (χ1) is 8.83. The highest BCUT2D eigenvalue weighted by molar-refractivity contribution is 7.98. The number of fused-ring (bicyclic) bond motifs is 1. The molecule has 1 aromatic carbocycles. The number of furan rings is 1. The fraction of sp³-hybridized carbons (Fsp3) is 0.0769. The number of hydrogen-bond acceptors (Lipinski definition) is 5. The summed E-state index contributed by atoms with van der Waals surface area (Å²) in [5.74, 6) is 1.95. The van der Waals surface area contributed by atoms with E-state index in [-0.39, 0.29) is 0 Å². The van der Waals surface area contributed by atoms with Crippen molar-refractivity contribution in [1.82, 2.24) is 9.97 Å². The van der Waals surface area contributed by atoms with Crippen LogP contribution in [-0.2, 0) is 5.75 Å². The van der Waals surface area contributed by atoms with Gasteiger partial charge >= 0.3 is 0 Å². The van der Waals surface area contributed by atoms with Gasteiger partial charge in [-0.05, 0) is 18.2 Å². The third-order valence-corrected chi connectivity index (χ3v) is 3.53. The van der Waals surface area contributed by atoms with Crippen LogP contribution in [0.3, 0.4) is 0 Å². The Labute approximate surface area is 108 Å². The Kier molecular flexibility index (Phi) is 2.90. The lowest BCUT2D eigenvalue weighted by Gasteiger charge is -2.05. The summed E-state index contributed by atoms with van der Waals surface area (Å²) in [6, 6.07) is 11.7. The summed E-state index contributed by atoms with van der Waals surface area (Å²) in [5, 5.41) is 1.90. The topological polar surface area (TPSA) is 64.9 Å². The molecule has 0 aliphatic carbocycles. The largest absolute Gasteiger partial charge is 0.468 e. The summed E-state index contributed by atoms with van der Waals surface area (Å²) in [6.07, 6.45) is 1.67. The Morgan fingerprint density at radius 2 is 2.00 bits per heavy atom. The first-order valence-corrected chi connectivity index (χ1v) is 6.49. The number of para-hydroxylation sites is 1. The average molecular weight is 257 g/mol. The minimum absolute atomic E-state index is 0.302. The molecular weight excluding hydrogens is 246 g/mol. The number of hydrogen-bond donors (Lipinski definition) is 1. The maximum absolute atomic E-state index is 5.71. The minimum atomic E-state index is 0.302. The van der Waals surface area contributed by atoms with Crippen LogP contribution in [0, 0.1) is 0 Å². The molecule has 5 heteroatoms. The average Bonchev–Trinajstić information content (AvgIpc) is 2.89. The number of nitrogens with two attached hydrogens (primary N) is 1. The van der Waals surface area contributed by atoms with Crippen LogP contribution < -0.4 is 5.73 Å². The Morgan fingerprint density at radius 1 is 1.11 bits per heavy atom. The second-order valence-corrected chi connectivity index (χ2v) is 4.74. The van der Waals surface area contributed by atoms with Crippen LogP contribution in [0.5, 0.6) is 0 Å². The van der Waals surface area contributed by atoms with Crippen LogP contribution in [0.15, 0.2) is 52.1 Å². The van der Waals surface area contributed by atoms with Crippen LogP contribution in [0.2, 0.25) is 0 Å².